The van der Waals surface area contributed by atoms with Gasteiger partial charge in [0.2, 0.25) is 5.91 Å². The van der Waals surface area contributed by atoms with E-state index in [-0.39, 0.29) is 5.91 Å². The zero-order valence-corrected chi connectivity index (χ0v) is 18.5. The van der Waals surface area contributed by atoms with Gasteiger partial charge in [0.1, 0.15) is 18.2 Å². The van der Waals surface area contributed by atoms with Gasteiger partial charge in [-0.25, -0.2) is 14.4 Å². The number of hydrogen-bond acceptors (Lipinski definition) is 6. The lowest BCUT2D eigenvalue weighted by Gasteiger charge is -2.22. The molecule has 9 heteroatoms. The molecule has 1 aliphatic rings. The first-order valence-electron chi connectivity index (χ1n) is 10.2. The largest absolute Gasteiger partial charge is 0.487 e. The Morgan fingerprint density at radius 1 is 1.25 bits per heavy atom. The summed E-state index contributed by atoms with van der Waals surface area (Å²) in [6, 6.07) is 9.68. The number of rotatable bonds is 6. The van der Waals surface area contributed by atoms with Crippen LogP contribution in [0.5, 0.6) is 5.75 Å². The second-order valence-corrected chi connectivity index (χ2v) is 8.10. The summed E-state index contributed by atoms with van der Waals surface area (Å²) in [7, 11) is 3.83. The molecule has 3 heterocycles. The number of ether oxygens (including phenoxy) is 1. The van der Waals surface area contributed by atoms with Gasteiger partial charge >= 0.3 is 0 Å². The van der Waals surface area contributed by atoms with E-state index in [2.05, 4.69) is 20.6 Å². The molecule has 0 radical (unpaired) electrons. The number of pyridine rings is 2. The fraction of sp³-hybridized carbons (Fsp3) is 0.261. The molecule has 1 amide bonds. The number of carbonyl (C=O) groups is 1. The predicted molar refractivity (Wildman–Crippen MR) is 124 cm³/mol. The van der Waals surface area contributed by atoms with E-state index >= 15 is 0 Å². The molecule has 0 bridgehead atoms. The van der Waals surface area contributed by atoms with Crippen molar-refractivity contribution < 1.29 is 13.9 Å². The average molecular weight is 456 g/mol. The molecule has 0 saturated heterocycles. The van der Waals surface area contributed by atoms with Crippen molar-refractivity contribution >= 4 is 29.1 Å². The highest BCUT2D eigenvalue weighted by Crippen LogP contribution is 2.40. The normalized spacial score (nSPS) is 12.7. The quantitative estimate of drug-likeness (QED) is 0.577. The summed E-state index contributed by atoms with van der Waals surface area (Å²) in [6.07, 6.45) is 2.02. The molecular formula is C23H23ClFN5O2. The van der Waals surface area contributed by atoms with Crippen molar-refractivity contribution in [1.29, 1.82) is 0 Å². The summed E-state index contributed by atoms with van der Waals surface area (Å²) in [5.41, 5.74) is 2.20. The Hall–Kier alpha value is -3.23. The molecule has 1 aromatic carbocycles. The van der Waals surface area contributed by atoms with Gasteiger partial charge in [-0.3, -0.25) is 4.79 Å². The highest BCUT2D eigenvalue weighted by molar-refractivity contribution is 6.30. The number of anilines is 2. The zero-order valence-electron chi connectivity index (χ0n) is 17.8. The van der Waals surface area contributed by atoms with Crippen LogP contribution in [0.15, 0.2) is 42.6 Å². The minimum Gasteiger partial charge on any atom is -0.487 e. The molecule has 2 N–H and O–H groups in total. The molecule has 166 valence electrons. The molecule has 32 heavy (non-hydrogen) atoms. The van der Waals surface area contributed by atoms with E-state index in [1.54, 1.807) is 24.4 Å². The van der Waals surface area contributed by atoms with Gasteiger partial charge in [0, 0.05) is 40.9 Å². The standard InChI is InChI=1S/C23H23ClFN5O2/c1-30(2)9-7-21(31)29-20-6-3-14(13-27-20)16-12-19(17-11-15(24)4-5-18(17)25)28-23-22(16)32-10-8-26-23/h3-6,11-13H,7-10H2,1-2H3,(H,26,28)(H,27,29,31). The lowest BCUT2D eigenvalue weighted by Crippen LogP contribution is -2.21. The van der Waals surface area contributed by atoms with Crippen LogP contribution in [0.1, 0.15) is 6.42 Å². The van der Waals surface area contributed by atoms with Crippen molar-refractivity contribution in [2.75, 3.05) is 44.4 Å². The minimum absolute atomic E-state index is 0.105. The third kappa shape index (κ3) is 4.98. The SMILES string of the molecule is CN(C)CCC(=O)Nc1ccc(-c2cc(-c3cc(Cl)ccc3F)nc3c2OCCN3)cn1. The number of nitrogens with zero attached hydrogens (tertiary/aromatic N) is 3. The monoisotopic (exact) mass is 455 g/mol. The van der Waals surface area contributed by atoms with E-state index in [9.17, 15) is 9.18 Å². The lowest BCUT2D eigenvalue weighted by molar-refractivity contribution is -0.116. The molecule has 0 fully saturated rings. The Bertz CT molecular complexity index is 1140. The topological polar surface area (TPSA) is 79.4 Å². The van der Waals surface area contributed by atoms with Crippen LogP contribution in [0, 0.1) is 5.82 Å². The summed E-state index contributed by atoms with van der Waals surface area (Å²) < 4.78 is 20.4. The Kier molecular flexibility index (Phi) is 6.53. The van der Waals surface area contributed by atoms with Gasteiger partial charge in [-0.2, -0.15) is 0 Å². The summed E-state index contributed by atoms with van der Waals surface area (Å²) in [5, 5.41) is 6.42. The number of fused-ring (bicyclic) bond motifs is 1. The predicted octanol–water partition coefficient (Wildman–Crippen LogP) is 4.30. The minimum atomic E-state index is -0.418. The average Bonchev–Trinajstić information content (AvgIpc) is 2.79. The first-order chi connectivity index (χ1) is 15.4. The van der Waals surface area contributed by atoms with Crippen LogP contribution in [-0.4, -0.2) is 54.6 Å². The summed E-state index contributed by atoms with van der Waals surface area (Å²) in [4.78, 5) is 22.9. The van der Waals surface area contributed by atoms with Crippen molar-refractivity contribution in [1.82, 2.24) is 14.9 Å². The van der Waals surface area contributed by atoms with Gasteiger partial charge in [-0.1, -0.05) is 11.6 Å². The van der Waals surface area contributed by atoms with Crippen molar-refractivity contribution in [3.8, 4) is 28.1 Å². The maximum Gasteiger partial charge on any atom is 0.226 e. The molecule has 0 spiro atoms. The van der Waals surface area contributed by atoms with E-state index in [1.165, 1.54) is 12.1 Å². The number of benzene rings is 1. The number of halogens is 2. The van der Waals surface area contributed by atoms with E-state index in [4.69, 9.17) is 16.3 Å². The first kappa shape index (κ1) is 22.0. The molecular weight excluding hydrogens is 433 g/mol. The summed E-state index contributed by atoms with van der Waals surface area (Å²) in [5.74, 6) is 1.04. The zero-order chi connectivity index (χ0) is 22.7. The second kappa shape index (κ2) is 9.50. The van der Waals surface area contributed by atoms with E-state index in [1.807, 2.05) is 25.1 Å². The number of carbonyl (C=O) groups excluding carboxylic acids is 1. The molecule has 0 saturated carbocycles. The Morgan fingerprint density at radius 2 is 2.09 bits per heavy atom. The summed E-state index contributed by atoms with van der Waals surface area (Å²) >= 11 is 6.08. The lowest BCUT2D eigenvalue weighted by atomic mass is 10.0. The third-order valence-electron chi connectivity index (χ3n) is 4.95. The molecule has 7 nitrogen and oxygen atoms in total. The van der Waals surface area contributed by atoms with Crippen LogP contribution >= 0.6 is 11.6 Å². The van der Waals surface area contributed by atoms with Crippen molar-refractivity contribution in [3.05, 3.63) is 53.4 Å². The number of hydrogen-bond donors (Lipinski definition) is 2. The number of aromatic nitrogens is 2. The molecule has 4 rings (SSSR count). The van der Waals surface area contributed by atoms with Crippen molar-refractivity contribution in [2.45, 2.75) is 6.42 Å². The van der Waals surface area contributed by atoms with Crippen LogP contribution in [0.25, 0.3) is 22.4 Å². The van der Waals surface area contributed by atoms with Crippen LogP contribution in [0.3, 0.4) is 0 Å². The van der Waals surface area contributed by atoms with Crippen LogP contribution in [-0.2, 0) is 4.79 Å². The highest BCUT2D eigenvalue weighted by atomic mass is 35.5. The van der Waals surface area contributed by atoms with E-state index in [0.717, 1.165) is 11.1 Å². The smallest absolute Gasteiger partial charge is 0.226 e. The van der Waals surface area contributed by atoms with E-state index in [0.29, 0.717) is 59.8 Å². The summed E-state index contributed by atoms with van der Waals surface area (Å²) in [6.45, 7) is 1.73. The Morgan fingerprint density at radius 3 is 2.84 bits per heavy atom. The second-order valence-electron chi connectivity index (χ2n) is 7.67. The highest BCUT2D eigenvalue weighted by Gasteiger charge is 2.21. The first-order valence-corrected chi connectivity index (χ1v) is 10.6. The maximum absolute atomic E-state index is 14.5. The molecule has 0 unspecified atom stereocenters. The van der Waals surface area contributed by atoms with E-state index < -0.39 is 5.82 Å². The van der Waals surface area contributed by atoms with Crippen molar-refractivity contribution in [2.24, 2.45) is 0 Å². The Labute approximate surface area is 190 Å². The number of nitrogens with one attached hydrogen (secondary N) is 2. The van der Waals surface area contributed by atoms with Gasteiger partial charge in [0.25, 0.3) is 0 Å². The van der Waals surface area contributed by atoms with Crippen LogP contribution in [0.2, 0.25) is 5.02 Å². The van der Waals surface area contributed by atoms with Gasteiger partial charge in [0.15, 0.2) is 11.6 Å². The van der Waals surface area contributed by atoms with Gasteiger partial charge in [-0.05, 0) is 50.5 Å². The maximum atomic E-state index is 14.5. The number of amides is 1. The van der Waals surface area contributed by atoms with Gasteiger partial charge in [-0.15, -0.1) is 0 Å². The molecule has 2 aromatic heterocycles. The molecule has 3 aromatic rings. The Balaban J connectivity index is 1.67. The van der Waals surface area contributed by atoms with Gasteiger partial charge in [0.05, 0.1) is 12.2 Å². The molecule has 0 atom stereocenters. The third-order valence-corrected chi connectivity index (χ3v) is 5.18. The fourth-order valence-corrected chi connectivity index (χ4v) is 3.50. The van der Waals surface area contributed by atoms with Crippen molar-refractivity contribution in [3.63, 3.8) is 0 Å². The fourth-order valence-electron chi connectivity index (χ4n) is 3.33. The molecule has 1 aliphatic heterocycles. The van der Waals surface area contributed by atoms with Crippen LogP contribution in [0.4, 0.5) is 16.0 Å². The van der Waals surface area contributed by atoms with Gasteiger partial charge < -0.3 is 20.3 Å². The van der Waals surface area contributed by atoms with Crippen LogP contribution < -0.4 is 15.4 Å². The molecule has 0 aliphatic carbocycles.